The SMILES string of the molecule is CC(C)(COc1ccc([N+](=O)[O-])cc1)C(=O)NN. The van der Waals surface area contributed by atoms with Crippen LogP contribution in [0.4, 0.5) is 5.69 Å². The summed E-state index contributed by atoms with van der Waals surface area (Å²) in [6.07, 6.45) is 0. The molecule has 1 rings (SSSR count). The monoisotopic (exact) mass is 253 g/mol. The van der Waals surface area contributed by atoms with Crippen LogP contribution in [-0.2, 0) is 4.79 Å². The second-order valence-electron chi connectivity index (χ2n) is 4.40. The second kappa shape index (κ2) is 5.46. The Morgan fingerprint density at radius 1 is 1.44 bits per heavy atom. The standard InChI is InChI=1S/C11H15N3O4/c1-11(2,10(15)13-12)7-18-9-5-3-8(4-6-9)14(16)17/h3-6H,7,12H2,1-2H3,(H,13,15). The van der Waals surface area contributed by atoms with Gasteiger partial charge in [-0.25, -0.2) is 5.84 Å². The predicted octanol–water partition coefficient (Wildman–Crippen LogP) is 0.990. The summed E-state index contributed by atoms with van der Waals surface area (Å²) < 4.78 is 5.39. The van der Waals surface area contributed by atoms with Crippen molar-refractivity contribution in [2.45, 2.75) is 13.8 Å². The van der Waals surface area contributed by atoms with Crippen molar-refractivity contribution in [2.75, 3.05) is 6.61 Å². The first-order valence-corrected chi connectivity index (χ1v) is 5.25. The number of ether oxygens (including phenoxy) is 1. The first-order chi connectivity index (χ1) is 8.36. The number of nitro benzene ring substituents is 1. The van der Waals surface area contributed by atoms with Crippen LogP contribution in [-0.4, -0.2) is 17.4 Å². The molecule has 0 aliphatic carbocycles. The normalized spacial score (nSPS) is 10.8. The average Bonchev–Trinajstić information content (AvgIpc) is 2.35. The Balaban J connectivity index is 2.64. The van der Waals surface area contributed by atoms with Crippen molar-refractivity contribution in [3.05, 3.63) is 34.4 Å². The minimum Gasteiger partial charge on any atom is -0.492 e. The van der Waals surface area contributed by atoms with Crippen molar-refractivity contribution >= 4 is 11.6 Å². The Labute approximate surface area is 104 Å². The molecule has 0 bridgehead atoms. The van der Waals surface area contributed by atoms with E-state index in [-0.39, 0.29) is 18.2 Å². The van der Waals surface area contributed by atoms with E-state index in [1.54, 1.807) is 13.8 Å². The maximum atomic E-state index is 11.4. The first kappa shape index (κ1) is 13.9. The molecule has 7 heteroatoms. The molecular formula is C11H15N3O4. The summed E-state index contributed by atoms with van der Waals surface area (Å²) in [6.45, 7) is 3.48. The number of rotatable bonds is 5. The Morgan fingerprint density at radius 3 is 2.44 bits per heavy atom. The van der Waals surface area contributed by atoms with Gasteiger partial charge in [0.1, 0.15) is 12.4 Å². The van der Waals surface area contributed by atoms with E-state index < -0.39 is 10.3 Å². The molecule has 0 aliphatic heterocycles. The molecule has 1 aromatic carbocycles. The van der Waals surface area contributed by atoms with E-state index in [9.17, 15) is 14.9 Å². The highest BCUT2D eigenvalue weighted by atomic mass is 16.6. The number of hydrogen-bond acceptors (Lipinski definition) is 5. The highest BCUT2D eigenvalue weighted by molar-refractivity contribution is 5.81. The average molecular weight is 253 g/mol. The Bertz CT molecular complexity index is 442. The lowest BCUT2D eigenvalue weighted by Gasteiger charge is -2.22. The largest absolute Gasteiger partial charge is 0.492 e. The third kappa shape index (κ3) is 3.42. The quantitative estimate of drug-likeness (QED) is 0.352. The number of hydrogen-bond donors (Lipinski definition) is 2. The fourth-order valence-electron chi connectivity index (χ4n) is 1.19. The van der Waals surface area contributed by atoms with Gasteiger partial charge >= 0.3 is 0 Å². The summed E-state index contributed by atoms with van der Waals surface area (Å²) in [4.78, 5) is 21.4. The van der Waals surface area contributed by atoms with Gasteiger partial charge in [-0.15, -0.1) is 0 Å². The zero-order valence-electron chi connectivity index (χ0n) is 10.2. The second-order valence-corrected chi connectivity index (χ2v) is 4.40. The number of nitrogens with two attached hydrogens (primary N) is 1. The summed E-state index contributed by atoms with van der Waals surface area (Å²) >= 11 is 0. The summed E-state index contributed by atoms with van der Waals surface area (Å²) in [5.41, 5.74) is 1.26. The van der Waals surface area contributed by atoms with Crippen molar-refractivity contribution in [1.29, 1.82) is 0 Å². The molecule has 3 N–H and O–H groups in total. The number of amides is 1. The molecule has 0 aromatic heterocycles. The molecule has 0 spiro atoms. The predicted molar refractivity (Wildman–Crippen MR) is 64.7 cm³/mol. The van der Waals surface area contributed by atoms with Gasteiger partial charge in [0.05, 0.1) is 10.3 Å². The van der Waals surface area contributed by atoms with Gasteiger partial charge in [-0.3, -0.25) is 20.3 Å². The van der Waals surface area contributed by atoms with E-state index in [2.05, 4.69) is 5.43 Å². The number of benzene rings is 1. The molecule has 0 saturated carbocycles. The number of hydrazine groups is 1. The fraction of sp³-hybridized carbons (Fsp3) is 0.364. The first-order valence-electron chi connectivity index (χ1n) is 5.25. The molecule has 0 saturated heterocycles. The number of nitrogens with one attached hydrogen (secondary N) is 1. The zero-order valence-corrected chi connectivity index (χ0v) is 10.2. The van der Waals surface area contributed by atoms with Gasteiger partial charge in [-0.2, -0.15) is 0 Å². The van der Waals surface area contributed by atoms with Crippen molar-refractivity contribution < 1.29 is 14.5 Å². The van der Waals surface area contributed by atoms with Gasteiger partial charge in [0.2, 0.25) is 5.91 Å². The number of carbonyl (C=O) groups is 1. The van der Waals surface area contributed by atoms with Crippen LogP contribution in [0.15, 0.2) is 24.3 Å². The third-order valence-corrected chi connectivity index (χ3v) is 2.39. The third-order valence-electron chi connectivity index (χ3n) is 2.39. The van der Waals surface area contributed by atoms with Crippen LogP contribution in [0.1, 0.15) is 13.8 Å². The number of nitrogens with zero attached hydrogens (tertiary/aromatic N) is 1. The summed E-state index contributed by atoms with van der Waals surface area (Å²) in [7, 11) is 0. The van der Waals surface area contributed by atoms with E-state index in [1.165, 1.54) is 24.3 Å². The van der Waals surface area contributed by atoms with Crippen LogP contribution in [0.2, 0.25) is 0 Å². The Morgan fingerprint density at radius 2 is 2.00 bits per heavy atom. The molecule has 1 amide bonds. The van der Waals surface area contributed by atoms with Crippen molar-refractivity contribution in [2.24, 2.45) is 11.3 Å². The minimum atomic E-state index is -0.781. The number of carbonyl (C=O) groups excluding carboxylic acids is 1. The number of nitro groups is 1. The lowest BCUT2D eigenvalue weighted by Crippen LogP contribution is -2.44. The Hall–Kier alpha value is -2.15. The van der Waals surface area contributed by atoms with Crippen LogP contribution >= 0.6 is 0 Å². The maximum Gasteiger partial charge on any atom is 0.269 e. The Kier molecular flexibility index (Phi) is 4.22. The van der Waals surface area contributed by atoms with Crippen LogP contribution in [0.25, 0.3) is 0 Å². The molecule has 0 fully saturated rings. The summed E-state index contributed by atoms with van der Waals surface area (Å²) in [6, 6.07) is 5.64. The highest BCUT2D eigenvalue weighted by Gasteiger charge is 2.28. The van der Waals surface area contributed by atoms with Gasteiger partial charge in [-0.05, 0) is 26.0 Å². The van der Waals surface area contributed by atoms with Gasteiger partial charge in [-0.1, -0.05) is 0 Å². The van der Waals surface area contributed by atoms with Gasteiger partial charge in [0, 0.05) is 12.1 Å². The van der Waals surface area contributed by atoms with Crippen LogP contribution in [0, 0.1) is 15.5 Å². The molecule has 0 atom stereocenters. The van der Waals surface area contributed by atoms with E-state index in [0.29, 0.717) is 5.75 Å². The summed E-state index contributed by atoms with van der Waals surface area (Å²) in [5.74, 6) is 5.16. The molecule has 0 heterocycles. The van der Waals surface area contributed by atoms with E-state index in [4.69, 9.17) is 10.6 Å². The van der Waals surface area contributed by atoms with Crippen LogP contribution in [0.5, 0.6) is 5.75 Å². The van der Waals surface area contributed by atoms with Crippen LogP contribution in [0.3, 0.4) is 0 Å². The molecule has 98 valence electrons. The van der Waals surface area contributed by atoms with Crippen molar-refractivity contribution in [3.63, 3.8) is 0 Å². The lowest BCUT2D eigenvalue weighted by atomic mass is 9.94. The molecule has 0 aliphatic rings. The van der Waals surface area contributed by atoms with Crippen molar-refractivity contribution in [3.8, 4) is 5.75 Å². The van der Waals surface area contributed by atoms with Crippen LogP contribution < -0.4 is 16.0 Å². The molecule has 0 radical (unpaired) electrons. The maximum absolute atomic E-state index is 11.4. The topological polar surface area (TPSA) is 107 Å². The molecule has 18 heavy (non-hydrogen) atoms. The summed E-state index contributed by atoms with van der Waals surface area (Å²) in [5, 5.41) is 10.5. The van der Waals surface area contributed by atoms with Gasteiger partial charge in [0.15, 0.2) is 0 Å². The molecule has 0 unspecified atom stereocenters. The van der Waals surface area contributed by atoms with Crippen molar-refractivity contribution in [1.82, 2.24) is 5.43 Å². The molecule has 7 nitrogen and oxygen atoms in total. The van der Waals surface area contributed by atoms with Gasteiger partial charge in [0.25, 0.3) is 5.69 Å². The van der Waals surface area contributed by atoms with E-state index >= 15 is 0 Å². The highest BCUT2D eigenvalue weighted by Crippen LogP contribution is 2.21. The van der Waals surface area contributed by atoms with E-state index in [1.807, 2.05) is 0 Å². The van der Waals surface area contributed by atoms with Gasteiger partial charge < -0.3 is 4.74 Å². The number of non-ortho nitro benzene ring substituents is 1. The smallest absolute Gasteiger partial charge is 0.269 e. The lowest BCUT2D eigenvalue weighted by molar-refractivity contribution is -0.384. The zero-order chi connectivity index (χ0) is 13.8. The fourth-order valence-corrected chi connectivity index (χ4v) is 1.19. The molecular weight excluding hydrogens is 238 g/mol. The van der Waals surface area contributed by atoms with E-state index in [0.717, 1.165) is 0 Å². The molecule has 1 aromatic rings. The minimum absolute atomic E-state index is 0.0127.